The van der Waals surface area contributed by atoms with Crippen LogP contribution in [0.2, 0.25) is 0 Å². The lowest BCUT2D eigenvalue weighted by Crippen LogP contribution is -2.56. The molecular formula is C13H29N3O. The quantitative estimate of drug-likeness (QED) is 0.643. The van der Waals surface area contributed by atoms with Crippen LogP contribution in [0.1, 0.15) is 47.0 Å². The van der Waals surface area contributed by atoms with Crippen molar-refractivity contribution in [2.24, 2.45) is 5.73 Å². The van der Waals surface area contributed by atoms with Gasteiger partial charge in [0, 0.05) is 6.04 Å². The Labute approximate surface area is 106 Å². The monoisotopic (exact) mass is 243 g/mol. The fraction of sp³-hybridized carbons (Fsp3) is 0.923. The number of primary amides is 1. The van der Waals surface area contributed by atoms with Gasteiger partial charge < -0.3 is 16.0 Å². The summed E-state index contributed by atoms with van der Waals surface area (Å²) in [7, 11) is 2.10. The van der Waals surface area contributed by atoms with Gasteiger partial charge in [-0.2, -0.15) is 0 Å². The number of likely N-dealkylation sites (N-methyl/N-ethyl adjacent to an activating group) is 1. The van der Waals surface area contributed by atoms with E-state index in [2.05, 4.69) is 31.1 Å². The van der Waals surface area contributed by atoms with Gasteiger partial charge in [0.15, 0.2) is 0 Å². The van der Waals surface area contributed by atoms with Crippen molar-refractivity contribution in [2.75, 3.05) is 20.1 Å². The number of nitrogens with two attached hydrogens (primary N) is 1. The normalized spacial score (nSPS) is 16.8. The third kappa shape index (κ3) is 5.50. The van der Waals surface area contributed by atoms with Gasteiger partial charge in [-0.1, -0.05) is 20.3 Å². The Morgan fingerprint density at radius 1 is 1.47 bits per heavy atom. The van der Waals surface area contributed by atoms with Crippen LogP contribution in [-0.4, -0.2) is 42.5 Å². The molecule has 0 bridgehead atoms. The average molecular weight is 243 g/mol. The van der Waals surface area contributed by atoms with E-state index in [1.54, 1.807) is 0 Å². The maximum atomic E-state index is 11.5. The van der Waals surface area contributed by atoms with Crippen LogP contribution in [0.3, 0.4) is 0 Å². The fourth-order valence-corrected chi connectivity index (χ4v) is 2.02. The van der Waals surface area contributed by atoms with E-state index in [-0.39, 0.29) is 5.91 Å². The van der Waals surface area contributed by atoms with E-state index in [1.807, 2.05) is 13.8 Å². The predicted molar refractivity (Wildman–Crippen MR) is 72.9 cm³/mol. The summed E-state index contributed by atoms with van der Waals surface area (Å²) in [6, 6.07) is 0.345. The Kier molecular flexibility index (Phi) is 7.39. The number of rotatable bonds is 9. The first kappa shape index (κ1) is 16.4. The number of carbonyl (C=O) groups is 1. The lowest BCUT2D eigenvalue weighted by molar-refractivity contribution is -0.124. The van der Waals surface area contributed by atoms with Crippen LogP contribution in [-0.2, 0) is 4.79 Å². The highest BCUT2D eigenvalue weighted by atomic mass is 16.1. The Balaban J connectivity index is 4.39. The largest absolute Gasteiger partial charge is 0.368 e. The number of nitrogens with zero attached hydrogens (tertiary/aromatic N) is 1. The van der Waals surface area contributed by atoms with Gasteiger partial charge in [-0.3, -0.25) is 4.79 Å². The number of hydrogen-bond donors (Lipinski definition) is 2. The molecule has 0 fully saturated rings. The second-order valence-corrected chi connectivity index (χ2v) is 5.11. The molecule has 0 aliphatic carbocycles. The molecule has 1 amide bonds. The Morgan fingerprint density at radius 2 is 2.06 bits per heavy atom. The van der Waals surface area contributed by atoms with Crippen molar-refractivity contribution in [3.05, 3.63) is 0 Å². The number of unbranched alkanes of at least 4 members (excludes halogenated alkanes) is 1. The van der Waals surface area contributed by atoms with Crippen LogP contribution in [0.4, 0.5) is 0 Å². The number of nitrogens with one attached hydrogen (secondary N) is 1. The lowest BCUT2D eigenvalue weighted by Gasteiger charge is -2.34. The molecule has 102 valence electrons. The van der Waals surface area contributed by atoms with Gasteiger partial charge in [-0.05, 0) is 46.8 Å². The first-order valence-corrected chi connectivity index (χ1v) is 6.62. The zero-order valence-corrected chi connectivity index (χ0v) is 12.0. The molecule has 0 heterocycles. The SMILES string of the molecule is CCCCN(C)C(C)CC(C)(NCC)C(N)=O. The van der Waals surface area contributed by atoms with Gasteiger partial charge >= 0.3 is 0 Å². The first-order chi connectivity index (χ1) is 7.87. The molecule has 0 radical (unpaired) electrons. The molecule has 0 rings (SSSR count). The summed E-state index contributed by atoms with van der Waals surface area (Å²) in [5.74, 6) is -0.268. The van der Waals surface area contributed by atoms with Gasteiger partial charge in [-0.15, -0.1) is 0 Å². The summed E-state index contributed by atoms with van der Waals surface area (Å²) in [5.41, 5.74) is 4.88. The van der Waals surface area contributed by atoms with E-state index >= 15 is 0 Å². The van der Waals surface area contributed by atoms with Crippen LogP contribution in [0.15, 0.2) is 0 Å². The van der Waals surface area contributed by atoms with Crippen molar-refractivity contribution in [3.63, 3.8) is 0 Å². The van der Waals surface area contributed by atoms with Gasteiger partial charge in [0.05, 0.1) is 5.54 Å². The lowest BCUT2D eigenvalue weighted by atomic mass is 9.92. The van der Waals surface area contributed by atoms with Crippen LogP contribution in [0.5, 0.6) is 0 Å². The molecule has 0 saturated carbocycles. The Morgan fingerprint density at radius 3 is 2.47 bits per heavy atom. The predicted octanol–water partition coefficient (Wildman–Crippen LogP) is 1.35. The highest BCUT2D eigenvalue weighted by molar-refractivity contribution is 5.84. The maximum Gasteiger partial charge on any atom is 0.237 e. The van der Waals surface area contributed by atoms with E-state index in [1.165, 1.54) is 12.8 Å². The molecule has 0 aromatic rings. The minimum Gasteiger partial charge on any atom is -0.368 e. The van der Waals surface area contributed by atoms with Crippen molar-refractivity contribution < 1.29 is 4.79 Å². The van der Waals surface area contributed by atoms with Crippen molar-refractivity contribution in [2.45, 2.75) is 58.5 Å². The molecule has 17 heavy (non-hydrogen) atoms. The first-order valence-electron chi connectivity index (χ1n) is 6.62. The smallest absolute Gasteiger partial charge is 0.237 e. The van der Waals surface area contributed by atoms with Gasteiger partial charge in [0.1, 0.15) is 0 Å². The zero-order valence-electron chi connectivity index (χ0n) is 12.0. The Hall–Kier alpha value is -0.610. The third-order valence-electron chi connectivity index (χ3n) is 3.43. The molecule has 2 atom stereocenters. The summed E-state index contributed by atoms with van der Waals surface area (Å²) < 4.78 is 0. The maximum absolute atomic E-state index is 11.5. The fourth-order valence-electron chi connectivity index (χ4n) is 2.02. The average Bonchev–Trinajstić information content (AvgIpc) is 2.25. The summed E-state index contributed by atoms with van der Waals surface area (Å²) >= 11 is 0. The highest BCUT2D eigenvalue weighted by Crippen LogP contribution is 2.15. The van der Waals surface area contributed by atoms with Gasteiger partial charge in [0.2, 0.25) is 5.91 Å². The molecule has 0 saturated heterocycles. The molecule has 3 N–H and O–H groups in total. The topological polar surface area (TPSA) is 58.4 Å². The molecule has 4 heteroatoms. The molecule has 0 aliphatic heterocycles. The summed E-state index contributed by atoms with van der Waals surface area (Å²) in [5, 5.41) is 3.20. The minimum atomic E-state index is -0.603. The number of carbonyl (C=O) groups excluding carboxylic acids is 1. The number of hydrogen-bond acceptors (Lipinski definition) is 3. The van der Waals surface area contributed by atoms with E-state index in [0.29, 0.717) is 6.04 Å². The Bertz CT molecular complexity index is 233. The number of amides is 1. The summed E-state index contributed by atoms with van der Waals surface area (Å²) in [6.07, 6.45) is 3.13. The highest BCUT2D eigenvalue weighted by Gasteiger charge is 2.32. The van der Waals surface area contributed by atoms with E-state index in [9.17, 15) is 4.79 Å². The second-order valence-electron chi connectivity index (χ2n) is 5.11. The van der Waals surface area contributed by atoms with Crippen molar-refractivity contribution in [1.82, 2.24) is 10.2 Å². The van der Waals surface area contributed by atoms with Crippen molar-refractivity contribution in [1.29, 1.82) is 0 Å². The van der Waals surface area contributed by atoms with Crippen LogP contribution >= 0.6 is 0 Å². The molecule has 2 unspecified atom stereocenters. The molecule has 4 nitrogen and oxygen atoms in total. The van der Waals surface area contributed by atoms with E-state index < -0.39 is 5.54 Å². The summed E-state index contributed by atoms with van der Waals surface area (Å²) in [6.45, 7) is 10.0. The summed E-state index contributed by atoms with van der Waals surface area (Å²) in [4.78, 5) is 13.8. The molecule has 0 spiro atoms. The van der Waals surface area contributed by atoms with E-state index in [0.717, 1.165) is 19.5 Å². The van der Waals surface area contributed by atoms with Crippen LogP contribution in [0.25, 0.3) is 0 Å². The molecular weight excluding hydrogens is 214 g/mol. The third-order valence-corrected chi connectivity index (χ3v) is 3.43. The van der Waals surface area contributed by atoms with Crippen LogP contribution < -0.4 is 11.1 Å². The van der Waals surface area contributed by atoms with Crippen LogP contribution in [0, 0.1) is 0 Å². The molecule has 0 aromatic heterocycles. The minimum absolute atomic E-state index is 0.268. The standard InChI is InChI=1S/C13H29N3O/c1-6-8-9-16(5)11(3)10-13(4,12(14)17)15-7-2/h11,15H,6-10H2,1-5H3,(H2,14,17). The molecule has 0 aliphatic rings. The molecule has 0 aromatic carbocycles. The van der Waals surface area contributed by atoms with E-state index in [4.69, 9.17) is 5.73 Å². The van der Waals surface area contributed by atoms with Gasteiger partial charge in [0.25, 0.3) is 0 Å². The zero-order chi connectivity index (χ0) is 13.5. The second kappa shape index (κ2) is 7.67. The van der Waals surface area contributed by atoms with Crippen molar-refractivity contribution in [3.8, 4) is 0 Å². The van der Waals surface area contributed by atoms with Crippen molar-refractivity contribution >= 4 is 5.91 Å². The van der Waals surface area contributed by atoms with Gasteiger partial charge in [-0.25, -0.2) is 0 Å².